The van der Waals surface area contributed by atoms with Crippen LogP contribution >= 0.6 is 0 Å². The number of aliphatic hydroxyl groups is 2. The lowest BCUT2D eigenvalue weighted by molar-refractivity contribution is -0.139. The highest BCUT2D eigenvalue weighted by Crippen LogP contribution is 1.75. The fraction of sp³-hybridized carbons (Fsp3) is 0.800. The summed E-state index contributed by atoms with van der Waals surface area (Å²) in [6.45, 7) is 1.11. The summed E-state index contributed by atoms with van der Waals surface area (Å²) in [5, 5.41) is 21.5. The Bertz CT molecular complexity index is 212. The van der Waals surface area contributed by atoms with E-state index in [0.717, 1.165) is 0 Å². The Morgan fingerprint density at radius 1 is 0.778 bits per heavy atom. The van der Waals surface area contributed by atoms with Crippen LogP contribution in [0, 0.1) is 0 Å². The molecule has 0 radical (unpaired) electrons. The Balaban J connectivity index is 3.43. The number of amides is 2. The fourth-order valence-corrected chi connectivity index (χ4v) is 0.967. The van der Waals surface area contributed by atoms with Crippen LogP contribution in [-0.2, 0) is 19.1 Å². The molecule has 0 saturated carbocycles. The summed E-state index contributed by atoms with van der Waals surface area (Å²) in [5.41, 5.74) is 0. The molecule has 8 heteroatoms. The van der Waals surface area contributed by atoms with Gasteiger partial charge in [-0.25, -0.2) is 0 Å². The lowest BCUT2D eigenvalue weighted by atomic mass is 10.5. The van der Waals surface area contributed by atoms with E-state index >= 15 is 0 Å². The Morgan fingerprint density at radius 3 is 1.50 bits per heavy atom. The Hall–Kier alpha value is -1.22. The van der Waals surface area contributed by atoms with Crippen LogP contribution in [0.5, 0.6) is 0 Å². The number of hydrogen-bond donors (Lipinski definition) is 4. The summed E-state index contributed by atoms with van der Waals surface area (Å²) in [4.78, 5) is 22.4. The summed E-state index contributed by atoms with van der Waals surface area (Å²) in [6, 6.07) is 0. The number of rotatable bonds is 10. The monoisotopic (exact) mass is 264 g/mol. The quantitative estimate of drug-likeness (QED) is 0.251. The predicted molar refractivity (Wildman–Crippen MR) is 61.8 cm³/mol. The Labute approximate surface area is 105 Å². The van der Waals surface area contributed by atoms with Gasteiger partial charge in [0.15, 0.2) is 0 Å². The van der Waals surface area contributed by atoms with Crippen molar-refractivity contribution in [2.45, 2.75) is 0 Å². The first-order valence-electron chi connectivity index (χ1n) is 5.65. The molecule has 0 aliphatic heterocycles. The first-order chi connectivity index (χ1) is 8.72. The van der Waals surface area contributed by atoms with Gasteiger partial charge < -0.3 is 30.3 Å². The highest BCUT2D eigenvalue weighted by Gasteiger charge is 2.11. The summed E-state index contributed by atoms with van der Waals surface area (Å²) in [6.07, 6.45) is 0. The van der Waals surface area contributed by atoms with Crippen LogP contribution in [-0.4, -0.2) is 74.8 Å². The van der Waals surface area contributed by atoms with Gasteiger partial charge in [0.25, 0.3) is 0 Å². The van der Waals surface area contributed by atoms with Crippen molar-refractivity contribution >= 4 is 11.8 Å². The van der Waals surface area contributed by atoms with E-state index in [2.05, 4.69) is 10.6 Å². The molecule has 2 amide bonds. The van der Waals surface area contributed by atoms with Crippen LogP contribution < -0.4 is 10.6 Å². The van der Waals surface area contributed by atoms with E-state index in [-0.39, 0.29) is 52.7 Å². The number of ether oxygens (including phenoxy) is 2. The molecule has 0 bridgehead atoms. The maximum Gasteiger partial charge on any atom is 0.309 e. The summed E-state index contributed by atoms with van der Waals surface area (Å²) >= 11 is 0. The molecule has 0 atom stereocenters. The Morgan fingerprint density at radius 2 is 1.17 bits per heavy atom. The van der Waals surface area contributed by atoms with Crippen molar-refractivity contribution < 1.29 is 29.3 Å². The van der Waals surface area contributed by atoms with E-state index in [1.165, 1.54) is 0 Å². The molecule has 0 spiro atoms. The zero-order valence-electron chi connectivity index (χ0n) is 10.2. The van der Waals surface area contributed by atoms with Gasteiger partial charge in [0.2, 0.25) is 0 Å². The minimum absolute atomic E-state index is 0.0811. The van der Waals surface area contributed by atoms with Crippen LogP contribution in [0.3, 0.4) is 0 Å². The van der Waals surface area contributed by atoms with E-state index < -0.39 is 11.8 Å². The molecule has 4 N–H and O–H groups in total. The fourth-order valence-electron chi connectivity index (χ4n) is 0.967. The molecule has 0 heterocycles. The average Bonchev–Trinajstić information content (AvgIpc) is 2.37. The van der Waals surface area contributed by atoms with Gasteiger partial charge in [-0.1, -0.05) is 0 Å². The molecular formula is C10H20N2O6. The summed E-state index contributed by atoms with van der Waals surface area (Å²) < 4.78 is 9.80. The number of carbonyl (C=O) groups is 2. The molecule has 0 aliphatic carbocycles. The van der Waals surface area contributed by atoms with Gasteiger partial charge in [-0.05, 0) is 0 Å². The van der Waals surface area contributed by atoms with Gasteiger partial charge in [-0.3, -0.25) is 9.59 Å². The average molecular weight is 264 g/mol. The van der Waals surface area contributed by atoms with Crippen LogP contribution in [0.25, 0.3) is 0 Å². The van der Waals surface area contributed by atoms with Crippen molar-refractivity contribution in [3.05, 3.63) is 0 Å². The van der Waals surface area contributed by atoms with Gasteiger partial charge in [0.05, 0.1) is 39.6 Å². The highest BCUT2D eigenvalue weighted by atomic mass is 16.5. The van der Waals surface area contributed by atoms with Gasteiger partial charge in [-0.15, -0.1) is 0 Å². The minimum atomic E-state index is -0.746. The molecule has 0 aromatic rings. The molecule has 0 saturated heterocycles. The van der Waals surface area contributed by atoms with Crippen LogP contribution in [0.1, 0.15) is 0 Å². The Kier molecular flexibility index (Phi) is 11.4. The molecule has 0 aromatic heterocycles. The second kappa shape index (κ2) is 12.2. The second-order valence-electron chi connectivity index (χ2n) is 3.18. The normalized spacial score (nSPS) is 10.1. The first-order valence-corrected chi connectivity index (χ1v) is 5.65. The minimum Gasteiger partial charge on any atom is -0.394 e. The van der Waals surface area contributed by atoms with Crippen molar-refractivity contribution in [1.82, 2.24) is 10.6 Å². The zero-order chi connectivity index (χ0) is 13.6. The highest BCUT2D eigenvalue weighted by molar-refractivity contribution is 6.35. The van der Waals surface area contributed by atoms with E-state index in [0.29, 0.717) is 0 Å². The lowest BCUT2D eigenvalue weighted by Gasteiger charge is -2.07. The molecule has 0 aliphatic rings. The summed E-state index contributed by atoms with van der Waals surface area (Å²) in [5.74, 6) is -1.49. The zero-order valence-corrected chi connectivity index (χ0v) is 10.2. The van der Waals surface area contributed by atoms with Crippen molar-refractivity contribution in [2.75, 3.05) is 52.7 Å². The smallest absolute Gasteiger partial charge is 0.309 e. The molecule has 8 nitrogen and oxygen atoms in total. The van der Waals surface area contributed by atoms with Crippen LogP contribution in [0.4, 0.5) is 0 Å². The molecule has 106 valence electrons. The molecule has 0 unspecified atom stereocenters. The first kappa shape index (κ1) is 16.8. The molecule has 0 fully saturated rings. The van der Waals surface area contributed by atoms with Crippen molar-refractivity contribution in [3.8, 4) is 0 Å². The largest absolute Gasteiger partial charge is 0.394 e. The van der Waals surface area contributed by atoms with Gasteiger partial charge in [0, 0.05) is 13.1 Å². The van der Waals surface area contributed by atoms with Crippen molar-refractivity contribution in [3.63, 3.8) is 0 Å². The lowest BCUT2D eigenvalue weighted by Crippen LogP contribution is -2.42. The molecule has 0 rings (SSSR count). The standard InChI is InChI=1S/C10H20N2O6/c13-3-7-17-5-1-11-9(15)10(16)12-2-6-18-8-4-14/h13-14H,1-8H2,(H,11,15)(H,12,16). The van der Waals surface area contributed by atoms with Gasteiger partial charge >= 0.3 is 11.8 Å². The van der Waals surface area contributed by atoms with Gasteiger partial charge in [0.1, 0.15) is 0 Å². The summed E-state index contributed by atoms with van der Waals surface area (Å²) in [7, 11) is 0. The van der Waals surface area contributed by atoms with Crippen molar-refractivity contribution in [1.29, 1.82) is 0 Å². The molecule has 0 aromatic carbocycles. The maximum absolute atomic E-state index is 11.2. The number of carbonyl (C=O) groups excluding carboxylic acids is 2. The number of nitrogens with one attached hydrogen (secondary N) is 2. The third kappa shape index (κ3) is 9.97. The molecule has 18 heavy (non-hydrogen) atoms. The molecular weight excluding hydrogens is 244 g/mol. The second-order valence-corrected chi connectivity index (χ2v) is 3.18. The van der Waals surface area contributed by atoms with Crippen molar-refractivity contribution in [2.24, 2.45) is 0 Å². The third-order valence-corrected chi connectivity index (χ3v) is 1.74. The van der Waals surface area contributed by atoms with E-state index in [9.17, 15) is 9.59 Å². The SMILES string of the molecule is O=C(NCCOCCO)C(=O)NCCOCCO. The van der Waals surface area contributed by atoms with E-state index in [4.69, 9.17) is 19.7 Å². The number of hydrogen-bond acceptors (Lipinski definition) is 6. The van der Waals surface area contributed by atoms with Crippen LogP contribution in [0.15, 0.2) is 0 Å². The third-order valence-electron chi connectivity index (χ3n) is 1.74. The predicted octanol–water partition coefficient (Wildman–Crippen LogP) is -2.76. The van der Waals surface area contributed by atoms with E-state index in [1.54, 1.807) is 0 Å². The van der Waals surface area contributed by atoms with Gasteiger partial charge in [-0.2, -0.15) is 0 Å². The maximum atomic E-state index is 11.2. The van der Waals surface area contributed by atoms with E-state index in [1.807, 2.05) is 0 Å². The van der Waals surface area contributed by atoms with Crippen LogP contribution in [0.2, 0.25) is 0 Å². The topological polar surface area (TPSA) is 117 Å². The number of aliphatic hydroxyl groups excluding tert-OH is 2.